The molecule has 0 fully saturated rings. The molecule has 1 heterocycles. The Morgan fingerprint density at radius 2 is 1.68 bits per heavy atom. The molecule has 1 atom stereocenters. The number of thioether (sulfide) groups is 1. The first-order valence-corrected chi connectivity index (χ1v) is 9.18. The Bertz CT molecular complexity index is 802. The highest BCUT2D eigenvalue weighted by molar-refractivity contribution is 8.02. The fraction of sp³-hybridized carbons (Fsp3) is 0.200. The number of Topliss-reactive ketones (excluding diaryl/α,β-unsaturated/α-hetero) is 1. The Labute approximate surface area is 151 Å². The highest BCUT2D eigenvalue weighted by atomic mass is 32.2. The van der Waals surface area contributed by atoms with Gasteiger partial charge in [0.2, 0.25) is 0 Å². The number of para-hydroxylation sites is 1. The van der Waals surface area contributed by atoms with Gasteiger partial charge in [-0.25, -0.2) is 4.79 Å². The van der Waals surface area contributed by atoms with Crippen LogP contribution in [0.25, 0.3) is 0 Å². The number of hydrogen-bond donors (Lipinski definition) is 0. The van der Waals surface area contributed by atoms with E-state index in [4.69, 9.17) is 4.74 Å². The smallest absolute Gasteiger partial charge is 0.344 e. The van der Waals surface area contributed by atoms with E-state index in [2.05, 4.69) is 4.90 Å². The van der Waals surface area contributed by atoms with Crippen molar-refractivity contribution in [3.63, 3.8) is 0 Å². The Morgan fingerprint density at radius 1 is 1.08 bits per heavy atom. The van der Waals surface area contributed by atoms with Crippen LogP contribution in [0.5, 0.6) is 0 Å². The van der Waals surface area contributed by atoms with Crippen molar-refractivity contribution in [2.45, 2.75) is 12.5 Å². The first kappa shape index (κ1) is 17.3. The second-order valence-corrected chi connectivity index (χ2v) is 6.43. The maximum absolute atomic E-state index is 12.7. The average molecular weight is 353 g/mol. The van der Waals surface area contributed by atoms with E-state index in [1.807, 2.05) is 66.9 Å². The zero-order chi connectivity index (χ0) is 17.8. The predicted octanol–water partition coefficient (Wildman–Crippen LogP) is 3.95. The van der Waals surface area contributed by atoms with Gasteiger partial charge in [0.1, 0.15) is 5.57 Å². The van der Waals surface area contributed by atoms with Crippen LogP contribution in [0, 0.1) is 0 Å². The van der Waals surface area contributed by atoms with E-state index >= 15 is 0 Å². The molecule has 0 aliphatic carbocycles. The highest BCUT2D eigenvalue weighted by Crippen LogP contribution is 2.42. The molecule has 0 aromatic heterocycles. The van der Waals surface area contributed by atoms with E-state index in [-0.39, 0.29) is 23.8 Å². The lowest BCUT2D eigenvalue weighted by Crippen LogP contribution is -2.37. The van der Waals surface area contributed by atoms with Crippen molar-refractivity contribution in [1.29, 1.82) is 0 Å². The summed E-state index contributed by atoms with van der Waals surface area (Å²) in [7, 11) is 1.30. The van der Waals surface area contributed by atoms with Crippen molar-refractivity contribution in [3.8, 4) is 0 Å². The summed E-state index contributed by atoms with van der Waals surface area (Å²) < 4.78 is 4.86. The molecule has 0 spiro atoms. The van der Waals surface area contributed by atoms with Crippen LogP contribution in [0.2, 0.25) is 0 Å². The number of anilines is 1. The zero-order valence-electron chi connectivity index (χ0n) is 14.1. The van der Waals surface area contributed by atoms with Crippen molar-refractivity contribution in [2.24, 2.45) is 0 Å². The van der Waals surface area contributed by atoms with Crippen LogP contribution < -0.4 is 4.90 Å². The molecule has 2 aromatic carbocycles. The van der Waals surface area contributed by atoms with Crippen LogP contribution in [0.1, 0.15) is 18.0 Å². The maximum Gasteiger partial charge on any atom is 0.344 e. The molecule has 128 valence electrons. The molecular weight excluding hydrogens is 334 g/mol. The highest BCUT2D eigenvalue weighted by Gasteiger charge is 2.38. The lowest BCUT2D eigenvalue weighted by Gasteiger charge is -2.39. The van der Waals surface area contributed by atoms with E-state index in [0.29, 0.717) is 5.03 Å². The molecule has 0 bridgehead atoms. The van der Waals surface area contributed by atoms with Crippen molar-refractivity contribution in [2.75, 3.05) is 18.3 Å². The number of ketones is 1. The molecule has 5 heteroatoms. The third-order valence-corrected chi connectivity index (χ3v) is 4.99. The van der Waals surface area contributed by atoms with Crippen molar-refractivity contribution >= 4 is 29.2 Å². The third-order valence-electron chi connectivity index (χ3n) is 4.20. The van der Waals surface area contributed by atoms with Gasteiger partial charge in [0, 0.05) is 12.1 Å². The summed E-state index contributed by atoms with van der Waals surface area (Å²) in [5.74, 6) is -0.765. The molecule has 0 saturated carbocycles. The summed E-state index contributed by atoms with van der Waals surface area (Å²) in [5.41, 5.74) is 2.11. The summed E-state index contributed by atoms with van der Waals surface area (Å²) in [4.78, 5) is 27.0. The molecule has 4 nitrogen and oxygen atoms in total. The fourth-order valence-electron chi connectivity index (χ4n) is 3.08. The zero-order valence-corrected chi connectivity index (χ0v) is 15.0. The summed E-state index contributed by atoms with van der Waals surface area (Å²) >= 11 is 1.39. The molecule has 0 saturated heterocycles. The monoisotopic (exact) mass is 353 g/mol. The number of esters is 1. The number of methoxy groups -OCH3 is 1. The van der Waals surface area contributed by atoms with Crippen molar-refractivity contribution in [1.82, 2.24) is 0 Å². The lowest BCUT2D eigenvalue weighted by molar-refractivity contribution is -0.138. The van der Waals surface area contributed by atoms with Crippen LogP contribution in [0.15, 0.2) is 71.3 Å². The van der Waals surface area contributed by atoms with E-state index in [9.17, 15) is 9.59 Å². The fourth-order valence-corrected chi connectivity index (χ4v) is 3.91. The Hall–Kier alpha value is -2.53. The van der Waals surface area contributed by atoms with Gasteiger partial charge in [-0.15, -0.1) is 11.8 Å². The summed E-state index contributed by atoms with van der Waals surface area (Å²) in [6.07, 6.45) is 2.10. The molecule has 0 radical (unpaired) electrons. The summed E-state index contributed by atoms with van der Waals surface area (Å²) in [5, 5.41) is 0.628. The SMILES string of the molecule is COC(=O)C1=C(SC)N(c2ccccc2)[C@H](c2ccccc2)CC1=O. The number of hydrogen-bond acceptors (Lipinski definition) is 5. The van der Waals surface area contributed by atoms with Gasteiger partial charge in [-0.2, -0.15) is 0 Å². The minimum Gasteiger partial charge on any atom is -0.465 e. The minimum atomic E-state index is -0.582. The molecule has 0 unspecified atom stereocenters. The number of rotatable bonds is 4. The molecule has 1 aliphatic heterocycles. The largest absolute Gasteiger partial charge is 0.465 e. The van der Waals surface area contributed by atoms with Crippen molar-refractivity contribution < 1.29 is 14.3 Å². The van der Waals surface area contributed by atoms with Gasteiger partial charge in [-0.05, 0) is 24.0 Å². The number of benzene rings is 2. The van der Waals surface area contributed by atoms with Crippen LogP contribution in [-0.2, 0) is 14.3 Å². The number of nitrogens with zero attached hydrogens (tertiary/aromatic N) is 1. The second kappa shape index (κ2) is 7.57. The predicted molar refractivity (Wildman–Crippen MR) is 100 cm³/mol. The Morgan fingerprint density at radius 3 is 2.24 bits per heavy atom. The standard InChI is InChI=1S/C20H19NO3S/c1-24-20(23)18-17(22)13-16(14-9-5-3-6-10-14)21(19(18)25-2)15-11-7-4-8-12-15/h3-12,16H,13H2,1-2H3/t16-/m0/s1. The minimum absolute atomic E-state index is 0.131. The molecule has 25 heavy (non-hydrogen) atoms. The van der Waals surface area contributed by atoms with Crippen LogP contribution in [-0.4, -0.2) is 25.1 Å². The Balaban J connectivity index is 2.20. The van der Waals surface area contributed by atoms with Crippen LogP contribution >= 0.6 is 11.8 Å². The summed E-state index contributed by atoms with van der Waals surface area (Å²) in [6, 6.07) is 19.5. The molecule has 2 aromatic rings. The molecule has 1 aliphatic rings. The van der Waals surface area contributed by atoms with Crippen LogP contribution in [0.4, 0.5) is 5.69 Å². The Kier molecular flexibility index (Phi) is 5.24. The van der Waals surface area contributed by atoms with Gasteiger partial charge in [0.25, 0.3) is 0 Å². The normalized spacial score (nSPS) is 17.6. The van der Waals surface area contributed by atoms with Gasteiger partial charge in [-0.3, -0.25) is 4.79 Å². The third kappa shape index (κ3) is 3.33. The van der Waals surface area contributed by atoms with E-state index < -0.39 is 5.97 Å². The molecule has 3 rings (SSSR count). The lowest BCUT2D eigenvalue weighted by atomic mass is 9.92. The first-order valence-electron chi connectivity index (χ1n) is 7.96. The van der Waals surface area contributed by atoms with Gasteiger partial charge in [-0.1, -0.05) is 48.5 Å². The first-order chi connectivity index (χ1) is 12.2. The van der Waals surface area contributed by atoms with E-state index in [1.165, 1.54) is 18.9 Å². The molecular formula is C20H19NO3S. The van der Waals surface area contributed by atoms with Crippen LogP contribution in [0.3, 0.4) is 0 Å². The van der Waals surface area contributed by atoms with Gasteiger partial charge in [0.05, 0.1) is 18.2 Å². The average Bonchev–Trinajstić information content (AvgIpc) is 2.67. The summed E-state index contributed by atoms with van der Waals surface area (Å²) in [6.45, 7) is 0. The van der Waals surface area contributed by atoms with E-state index in [1.54, 1.807) is 0 Å². The number of carbonyl (C=O) groups excluding carboxylic acids is 2. The molecule has 0 N–H and O–H groups in total. The second-order valence-electron chi connectivity index (χ2n) is 5.64. The number of carbonyl (C=O) groups is 2. The van der Waals surface area contributed by atoms with Gasteiger partial charge >= 0.3 is 5.97 Å². The van der Waals surface area contributed by atoms with Gasteiger partial charge in [0.15, 0.2) is 5.78 Å². The van der Waals surface area contributed by atoms with E-state index in [0.717, 1.165) is 11.3 Å². The molecule has 0 amide bonds. The maximum atomic E-state index is 12.7. The van der Waals surface area contributed by atoms with Gasteiger partial charge < -0.3 is 9.64 Å². The quantitative estimate of drug-likeness (QED) is 0.615. The number of ether oxygens (including phenoxy) is 1. The topological polar surface area (TPSA) is 46.6 Å². The van der Waals surface area contributed by atoms with Crippen molar-refractivity contribution in [3.05, 3.63) is 76.8 Å².